The van der Waals surface area contributed by atoms with Crippen LogP contribution < -0.4 is 5.73 Å². The Morgan fingerprint density at radius 2 is 1.35 bits per heavy atom. The number of halogens is 2. The number of hydrogen-bond acceptors (Lipinski definition) is 1. The van der Waals surface area contributed by atoms with Crippen LogP contribution in [0, 0.1) is 20.8 Å². The van der Waals surface area contributed by atoms with E-state index in [1.807, 2.05) is 25.1 Å². The van der Waals surface area contributed by atoms with Crippen molar-refractivity contribution in [3.05, 3.63) is 58.7 Å². The van der Waals surface area contributed by atoms with Gasteiger partial charge in [0.05, 0.1) is 0 Å². The maximum Gasteiger partial charge on any atom is 0.248 e. The van der Waals surface area contributed by atoms with Gasteiger partial charge in [-0.15, -0.1) is 24.8 Å². The molecule has 0 saturated carbocycles. The molecule has 20 heavy (non-hydrogen) atoms. The first-order valence-corrected chi connectivity index (χ1v) is 5.98. The average Bonchev–Trinajstić information content (AvgIpc) is 2.33. The minimum absolute atomic E-state index is 0. The Bertz CT molecular complexity index is 624. The predicted molar refractivity (Wildman–Crippen MR) is 89.1 cm³/mol. The molecule has 0 aliphatic rings. The van der Waals surface area contributed by atoms with Crippen molar-refractivity contribution in [1.82, 2.24) is 0 Å². The molecule has 0 aliphatic carbocycles. The molecule has 0 bridgehead atoms. The minimum Gasteiger partial charge on any atom is -0.366 e. The summed E-state index contributed by atoms with van der Waals surface area (Å²) in [7, 11) is 0. The standard InChI is InChI=1S/C16H17NO.2ClH/c1-10-6-4-7-13(11(10)2)14-8-5-9-15(12(14)3)16(17)18;;/h4-9H,1-3H3,(H2,17,18);2*1H. The zero-order chi connectivity index (χ0) is 13.3. The molecule has 0 heterocycles. The van der Waals surface area contributed by atoms with Gasteiger partial charge >= 0.3 is 0 Å². The fourth-order valence-corrected chi connectivity index (χ4v) is 2.24. The lowest BCUT2D eigenvalue weighted by Crippen LogP contribution is -2.13. The summed E-state index contributed by atoms with van der Waals surface area (Å²) in [6, 6.07) is 11.9. The summed E-state index contributed by atoms with van der Waals surface area (Å²) in [6.45, 7) is 6.13. The Kier molecular flexibility index (Phi) is 6.77. The Morgan fingerprint density at radius 3 is 1.90 bits per heavy atom. The quantitative estimate of drug-likeness (QED) is 0.886. The van der Waals surface area contributed by atoms with E-state index in [2.05, 4.69) is 26.0 Å². The molecule has 2 rings (SSSR count). The molecule has 0 radical (unpaired) electrons. The molecule has 1 amide bonds. The van der Waals surface area contributed by atoms with Crippen LogP contribution in [-0.2, 0) is 0 Å². The maximum absolute atomic E-state index is 11.4. The molecule has 0 saturated heterocycles. The normalized spacial score (nSPS) is 9.35. The molecule has 2 nitrogen and oxygen atoms in total. The number of carbonyl (C=O) groups excluding carboxylic acids is 1. The van der Waals surface area contributed by atoms with Gasteiger partial charge < -0.3 is 5.73 Å². The van der Waals surface area contributed by atoms with Crippen molar-refractivity contribution in [2.24, 2.45) is 5.73 Å². The second kappa shape index (κ2) is 7.32. The molecule has 0 fully saturated rings. The number of amides is 1. The smallest absolute Gasteiger partial charge is 0.248 e. The summed E-state index contributed by atoms with van der Waals surface area (Å²) in [5.41, 5.74) is 11.6. The van der Waals surface area contributed by atoms with Gasteiger partial charge in [-0.2, -0.15) is 0 Å². The van der Waals surface area contributed by atoms with Crippen molar-refractivity contribution in [3.8, 4) is 11.1 Å². The first-order valence-electron chi connectivity index (χ1n) is 5.98. The molecular weight excluding hydrogens is 293 g/mol. The summed E-state index contributed by atoms with van der Waals surface area (Å²) in [6.07, 6.45) is 0. The molecule has 0 aliphatic heterocycles. The lowest BCUT2D eigenvalue weighted by molar-refractivity contribution is 0.1000. The van der Waals surface area contributed by atoms with Crippen molar-refractivity contribution in [2.45, 2.75) is 20.8 Å². The van der Waals surface area contributed by atoms with Crippen LogP contribution in [0.15, 0.2) is 36.4 Å². The van der Waals surface area contributed by atoms with E-state index in [0.717, 1.165) is 16.7 Å². The molecule has 4 heteroatoms. The summed E-state index contributed by atoms with van der Waals surface area (Å²) >= 11 is 0. The van der Waals surface area contributed by atoms with Gasteiger partial charge in [0.2, 0.25) is 5.91 Å². The van der Waals surface area contributed by atoms with Gasteiger partial charge in [-0.25, -0.2) is 0 Å². The average molecular weight is 312 g/mol. The van der Waals surface area contributed by atoms with E-state index in [4.69, 9.17) is 5.73 Å². The third kappa shape index (κ3) is 3.33. The highest BCUT2D eigenvalue weighted by atomic mass is 35.5. The van der Waals surface area contributed by atoms with Gasteiger partial charge in [-0.05, 0) is 54.7 Å². The van der Waals surface area contributed by atoms with Crippen LogP contribution in [0.3, 0.4) is 0 Å². The fourth-order valence-electron chi connectivity index (χ4n) is 2.24. The van der Waals surface area contributed by atoms with Crippen LogP contribution >= 0.6 is 24.8 Å². The van der Waals surface area contributed by atoms with E-state index in [9.17, 15) is 4.79 Å². The van der Waals surface area contributed by atoms with Gasteiger partial charge in [0, 0.05) is 5.56 Å². The van der Waals surface area contributed by atoms with Crippen molar-refractivity contribution < 1.29 is 4.79 Å². The zero-order valence-corrected chi connectivity index (χ0v) is 13.4. The van der Waals surface area contributed by atoms with E-state index in [0.29, 0.717) is 5.56 Å². The number of aryl methyl sites for hydroxylation is 1. The summed E-state index contributed by atoms with van der Waals surface area (Å²) in [5.74, 6) is -0.375. The topological polar surface area (TPSA) is 43.1 Å². The highest BCUT2D eigenvalue weighted by molar-refractivity contribution is 5.96. The maximum atomic E-state index is 11.4. The van der Waals surface area contributed by atoms with E-state index in [1.165, 1.54) is 11.1 Å². The van der Waals surface area contributed by atoms with Crippen LogP contribution in [0.2, 0.25) is 0 Å². The Morgan fingerprint density at radius 1 is 0.850 bits per heavy atom. The number of rotatable bonds is 2. The fraction of sp³-hybridized carbons (Fsp3) is 0.188. The van der Waals surface area contributed by atoms with E-state index < -0.39 is 0 Å². The van der Waals surface area contributed by atoms with Crippen LogP contribution in [-0.4, -0.2) is 5.91 Å². The molecule has 0 spiro atoms. The molecule has 108 valence electrons. The number of hydrogen-bond donors (Lipinski definition) is 1. The van der Waals surface area contributed by atoms with E-state index in [-0.39, 0.29) is 30.7 Å². The number of carbonyl (C=O) groups is 1. The summed E-state index contributed by atoms with van der Waals surface area (Å²) in [5, 5.41) is 0. The molecule has 0 aromatic heterocycles. The monoisotopic (exact) mass is 311 g/mol. The van der Waals surface area contributed by atoms with Gasteiger partial charge in [0.25, 0.3) is 0 Å². The van der Waals surface area contributed by atoms with Crippen LogP contribution in [0.5, 0.6) is 0 Å². The zero-order valence-electron chi connectivity index (χ0n) is 11.8. The second-order valence-corrected chi connectivity index (χ2v) is 4.59. The molecular formula is C16H19Cl2NO. The lowest BCUT2D eigenvalue weighted by atomic mass is 9.92. The molecule has 2 aromatic rings. The van der Waals surface area contributed by atoms with Gasteiger partial charge in [0.15, 0.2) is 0 Å². The van der Waals surface area contributed by atoms with Crippen molar-refractivity contribution >= 4 is 30.7 Å². The highest BCUT2D eigenvalue weighted by Gasteiger charge is 2.11. The van der Waals surface area contributed by atoms with Crippen LogP contribution in [0.1, 0.15) is 27.0 Å². The third-order valence-corrected chi connectivity index (χ3v) is 3.49. The van der Waals surface area contributed by atoms with Gasteiger partial charge in [0.1, 0.15) is 0 Å². The molecule has 0 atom stereocenters. The Balaban J connectivity index is 0.00000180. The van der Waals surface area contributed by atoms with Crippen molar-refractivity contribution in [3.63, 3.8) is 0 Å². The number of nitrogens with two attached hydrogens (primary N) is 1. The third-order valence-electron chi connectivity index (χ3n) is 3.49. The van der Waals surface area contributed by atoms with Gasteiger partial charge in [-0.1, -0.05) is 30.3 Å². The molecule has 0 unspecified atom stereocenters. The van der Waals surface area contributed by atoms with E-state index in [1.54, 1.807) is 6.07 Å². The highest BCUT2D eigenvalue weighted by Crippen LogP contribution is 2.29. The van der Waals surface area contributed by atoms with Gasteiger partial charge in [-0.3, -0.25) is 4.79 Å². The number of benzene rings is 2. The van der Waals surface area contributed by atoms with Crippen molar-refractivity contribution in [2.75, 3.05) is 0 Å². The first kappa shape index (κ1) is 18.5. The summed E-state index contributed by atoms with van der Waals surface area (Å²) < 4.78 is 0. The second-order valence-electron chi connectivity index (χ2n) is 4.59. The SMILES string of the molecule is Cc1cccc(-c2cccc(C(N)=O)c2C)c1C.Cl.Cl. The van der Waals surface area contributed by atoms with Crippen LogP contribution in [0.4, 0.5) is 0 Å². The molecule has 2 N–H and O–H groups in total. The summed E-state index contributed by atoms with van der Waals surface area (Å²) in [4.78, 5) is 11.4. The lowest BCUT2D eigenvalue weighted by Gasteiger charge is -2.13. The Labute approximate surface area is 132 Å². The largest absolute Gasteiger partial charge is 0.366 e. The first-order chi connectivity index (χ1) is 8.52. The van der Waals surface area contributed by atoms with Crippen LogP contribution in [0.25, 0.3) is 11.1 Å². The predicted octanol–water partition coefficient (Wildman–Crippen LogP) is 4.22. The van der Waals surface area contributed by atoms with Crippen molar-refractivity contribution in [1.29, 1.82) is 0 Å². The Hall–Kier alpha value is -1.51. The minimum atomic E-state index is -0.375. The van der Waals surface area contributed by atoms with E-state index >= 15 is 0 Å². The number of primary amides is 1. The molecule has 2 aromatic carbocycles.